The van der Waals surface area contributed by atoms with Crippen LogP contribution in [0.15, 0.2) is 0 Å². The van der Waals surface area contributed by atoms with Crippen molar-refractivity contribution < 1.29 is 20.4 Å². The van der Waals surface area contributed by atoms with E-state index in [1.165, 1.54) is 27.7 Å². The zero-order valence-electron chi connectivity index (χ0n) is 7.94. The Morgan fingerprint density at radius 3 is 1.00 bits per heavy atom. The zero-order chi connectivity index (χ0) is 10.2. The fraction of sp³-hybridized carbons (Fsp3) is 1.00. The molecule has 0 radical (unpaired) electrons. The largest absolute Gasteiger partial charge is 0.388 e. The Labute approximate surface area is 72.5 Å². The summed E-state index contributed by atoms with van der Waals surface area (Å²) in [6.45, 7) is 5.47. The highest BCUT2D eigenvalue weighted by Crippen LogP contribution is 2.19. The summed E-state index contributed by atoms with van der Waals surface area (Å²) in [5.41, 5.74) is -2.83. The molecule has 74 valence electrons. The van der Waals surface area contributed by atoms with Crippen LogP contribution in [0.4, 0.5) is 0 Å². The molecule has 4 N–H and O–H groups in total. The highest BCUT2D eigenvalue weighted by molar-refractivity contribution is 4.90. The molecule has 0 aromatic carbocycles. The molecule has 0 fully saturated rings. The van der Waals surface area contributed by atoms with Crippen LogP contribution in [-0.2, 0) is 0 Å². The second-order valence-electron chi connectivity index (χ2n) is 4.20. The molecule has 2 unspecified atom stereocenters. The third kappa shape index (κ3) is 3.06. The van der Waals surface area contributed by atoms with E-state index in [1.54, 1.807) is 0 Å². The second kappa shape index (κ2) is 3.30. The first kappa shape index (κ1) is 11.8. The minimum atomic E-state index is -1.42. The first-order valence-electron chi connectivity index (χ1n) is 3.87. The van der Waals surface area contributed by atoms with Gasteiger partial charge in [-0.1, -0.05) is 0 Å². The van der Waals surface area contributed by atoms with E-state index >= 15 is 0 Å². The topological polar surface area (TPSA) is 80.9 Å². The molecular weight excluding hydrogens is 160 g/mol. The third-order valence-electron chi connectivity index (χ3n) is 1.75. The smallest absolute Gasteiger partial charge is 0.111 e. The number of aliphatic hydroxyl groups is 4. The Kier molecular flexibility index (Phi) is 3.25. The lowest BCUT2D eigenvalue weighted by atomic mass is 9.88. The Bertz CT molecular complexity index is 124. The summed E-state index contributed by atoms with van der Waals surface area (Å²) in [4.78, 5) is 0. The Morgan fingerprint density at radius 1 is 0.750 bits per heavy atom. The van der Waals surface area contributed by atoms with Crippen molar-refractivity contribution in [3.8, 4) is 0 Å². The maximum Gasteiger partial charge on any atom is 0.111 e. The van der Waals surface area contributed by atoms with E-state index in [9.17, 15) is 20.4 Å². The van der Waals surface area contributed by atoms with Gasteiger partial charge in [-0.3, -0.25) is 0 Å². The van der Waals surface area contributed by atoms with Crippen LogP contribution in [0.1, 0.15) is 27.7 Å². The van der Waals surface area contributed by atoms with Gasteiger partial charge in [-0.05, 0) is 27.7 Å². The van der Waals surface area contributed by atoms with Gasteiger partial charge in [0, 0.05) is 0 Å². The molecule has 0 heterocycles. The van der Waals surface area contributed by atoms with Gasteiger partial charge in [-0.2, -0.15) is 0 Å². The van der Waals surface area contributed by atoms with Crippen molar-refractivity contribution >= 4 is 0 Å². The van der Waals surface area contributed by atoms with Gasteiger partial charge in [-0.25, -0.2) is 0 Å². The zero-order valence-corrected chi connectivity index (χ0v) is 7.94. The van der Waals surface area contributed by atoms with Crippen LogP contribution in [0.25, 0.3) is 0 Å². The molecule has 0 rings (SSSR count). The van der Waals surface area contributed by atoms with Crippen LogP contribution in [0, 0.1) is 0 Å². The average molecular weight is 178 g/mol. The quantitative estimate of drug-likeness (QED) is 0.458. The van der Waals surface area contributed by atoms with Crippen molar-refractivity contribution in [1.82, 2.24) is 0 Å². The van der Waals surface area contributed by atoms with Crippen molar-refractivity contribution in [2.45, 2.75) is 51.1 Å². The first-order valence-corrected chi connectivity index (χ1v) is 3.87. The molecule has 4 nitrogen and oxygen atoms in total. The van der Waals surface area contributed by atoms with Crippen molar-refractivity contribution in [1.29, 1.82) is 0 Å². The highest BCUT2D eigenvalue weighted by Gasteiger charge is 2.39. The summed E-state index contributed by atoms with van der Waals surface area (Å²) in [6, 6.07) is 0. The summed E-state index contributed by atoms with van der Waals surface area (Å²) in [5, 5.41) is 37.3. The summed E-state index contributed by atoms with van der Waals surface area (Å²) in [7, 11) is 0. The fourth-order valence-electron chi connectivity index (χ4n) is 0.773. The number of rotatable bonds is 3. The van der Waals surface area contributed by atoms with Gasteiger partial charge in [-0.15, -0.1) is 0 Å². The monoisotopic (exact) mass is 178 g/mol. The van der Waals surface area contributed by atoms with Crippen LogP contribution in [0.3, 0.4) is 0 Å². The molecule has 12 heavy (non-hydrogen) atoms. The predicted molar refractivity (Wildman–Crippen MR) is 44.6 cm³/mol. The lowest BCUT2D eigenvalue weighted by Crippen LogP contribution is -2.53. The maximum atomic E-state index is 9.33. The minimum Gasteiger partial charge on any atom is -0.388 e. The lowest BCUT2D eigenvalue weighted by molar-refractivity contribution is -0.163. The Morgan fingerprint density at radius 2 is 0.917 bits per heavy atom. The van der Waals surface area contributed by atoms with E-state index in [2.05, 4.69) is 0 Å². The molecule has 0 aromatic rings. The van der Waals surface area contributed by atoms with E-state index < -0.39 is 23.4 Å². The molecule has 0 saturated carbocycles. The van der Waals surface area contributed by atoms with E-state index in [0.717, 1.165) is 0 Å². The fourth-order valence-corrected chi connectivity index (χ4v) is 0.773. The summed E-state index contributed by atoms with van der Waals surface area (Å²) < 4.78 is 0. The van der Waals surface area contributed by atoms with Crippen molar-refractivity contribution in [3.05, 3.63) is 0 Å². The van der Waals surface area contributed by atoms with Crippen molar-refractivity contribution in [2.75, 3.05) is 0 Å². The van der Waals surface area contributed by atoms with Crippen molar-refractivity contribution in [3.63, 3.8) is 0 Å². The molecule has 0 aliphatic rings. The molecule has 0 amide bonds. The SMILES string of the molecule is CC(C)(O)C(O)C(O)C(C)(C)O. The van der Waals surface area contributed by atoms with Gasteiger partial charge >= 0.3 is 0 Å². The molecular formula is C8H18O4. The third-order valence-corrected chi connectivity index (χ3v) is 1.75. The standard InChI is InChI=1S/C8H18O4/c1-7(2,11)5(9)6(10)8(3,4)12/h5-6,9-12H,1-4H3. The molecule has 0 aromatic heterocycles. The van der Waals surface area contributed by atoms with E-state index in [-0.39, 0.29) is 0 Å². The van der Waals surface area contributed by atoms with Gasteiger partial charge in [0.25, 0.3) is 0 Å². The number of hydrogen-bond donors (Lipinski definition) is 4. The van der Waals surface area contributed by atoms with Crippen molar-refractivity contribution in [2.24, 2.45) is 0 Å². The van der Waals surface area contributed by atoms with Crippen LogP contribution < -0.4 is 0 Å². The lowest BCUT2D eigenvalue weighted by Gasteiger charge is -2.34. The minimum absolute atomic E-state index is 1.36. The van der Waals surface area contributed by atoms with Crippen LogP contribution in [0.2, 0.25) is 0 Å². The molecule has 0 aliphatic heterocycles. The predicted octanol–water partition coefficient (Wildman–Crippen LogP) is -0.750. The van der Waals surface area contributed by atoms with Gasteiger partial charge in [0.15, 0.2) is 0 Å². The van der Waals surface area contributed by atoms with Gasteiger partial charge in [0.05, 0.1) is 11.2 Å². The average Bonchev–Trinajstić information content (AvgIpc) is 1.80. The van der Waals surface area contributed by atoms with Crippen LogP contribution in [0.5, 0.6) is 0 Å². The van der Waals surface area contributed by atoms with Gasteiger partial charge in [0.1, 0.15) is 12.2 Å². The van der Waals surface area contributed by atoms with E-state index in [4.69, 9.17) is 0 Å². The van der Waals surface area contributed by atoms with Gasteiger partial charge in [0.2, 0.25) is 0 Å². The molecule has 0 spiro atoms. The molecule has 0 bridgehead atoms. The first-order chi connectivity index (χ1) is 5.07. The molecule has 2 atom stereocenters. The second-order valence-corrected chi connectivity index (χ2v) is 4.20. The summed E-state index contributed by atoms with van der Waals surface area (Å²) >= 11 is 0. The maximum absolute atomic E-state index is 9.33. The molecule has 0 saturated heterocycles. The Hall–Kier alpha value is -0.160. The number of hydrogen-bond acceptors (Lipinski definition) is 4. The number of aliphatic hydroxyl groups excluding tert-OH is 2. The Balaban J connectivity index is 4.41. The van der Waals surface area contributed by atoms with E-state index in [0.29, 0.717) is 0 Å². The molecule has 4 heteroatoms. The van der Waals surface area contributed by atoms with Crippen LogP contribution >= 0.6 is 0 Å². The summed E-state index contributed by atoms with van der Waals surface area (Å²) in [6.07, 6.45) is -2.73. The van der Waals surface area contributed by atoms with Gasteiger partial charge < -0.3 is 20.4 Å². The highest BCUT2D eigenvalue weighted by atomic mass is 16.4. The molecule has 0 aliphatic carbocycles. The van der Waals surface area contributed by atoms with E-state index in [1.807, 2.05) is 0 Å². The normalized spacial score (nSPS) is 19.0. The van der Waals surface area contributed by atoms with Crippen LogP contribution in [-0.4, -0.2) is 43.8 Å². The summed E-state index contributed by atoms with van der Waals surface area (Å²) in [5.74, 6) is 0.